The molecule has 0 spiro atoms. The van der Waals surface area contributed by atoms with Gasteiger partial charge in [0.1, 0.15) is 0 Å². The predicted molar refractivity (Wildman–Crippen MR) is 91.6 cm³/mol. The minimum Gasteiger partial charge on any atom is -0.311 e. The van der Waals surface area contributed by atoms with Crippen molar-refractivity contribution in [3.8, 4) is 0 Å². The number of nitrogens with zero attached hydrogens (tertiary/aromatic N) is 1. The van der Waals surface area contributed by atoms with E-state index in [0.717, 1.165) is 30.6 Å². The quantitative estimate of drug-likeness (QED) is 0.793. The molecule has 22 heavy (non-hydrogen) atoms. The van der Waals surface area contributed by atoms with Gasteiger partial charge in [-0.2, -0.15) is 0 Å². The van der Waals surface area contributed by atoms with Crippen molar-refractivity contribution >= 4 is 23.2 Å². The zero-order valence-electron chi connectivity index (χ0n) is 13.0. The normalized spacial score (nSPS) is 14.6. The highest BCUT2D eigenvalue weighted by molar-refractivity contribution is 6.30. The van der Waals surface area contributed by atoms with Crippen LogP contribution in [0.5, 0.6) is 0 Å². The molecule has 2 aromatic carbocycles. The number of halogens is 1. The Labute approximate surface area is 136 Å². The second-order valence-electron chi connectivity index (χ2n) is 6.32. The first kappa shape index (κ1) is 15.1. The van der Waals surface area contributed by atoms with Crippen LogP contribution in [-0.2, 0) is 16.6 Å². The molecule has 3 rings (SSSR count). The van der Waals surface area contributed by atoms with E-state index in [-0.39, 0.29) is 5.91 Å². The number of fused-ring (bicyclic) bond motifs is 1. The topological polar surface area (TPSA) is 20.3 Å². The highest BCUT2D eigenvalue weighted by atomic mass is 35.5. The molecule has 1 aliphatic rings. The molecule has 1 aliphatic heterocycles. The van der Waals surface area contributed by atoms with E-state index in [0.29, 0.717) is 5.02 Å². The molecule has 0 N–H and O–H groups in total. The summed E-state index contributed by atoms with van der Waals surface area (Å²) in [7, 11) is 0. The summed E-state index contributed by atoms with van der Waals surface area (Å²) in [5, 5.41) is 0.690. The lowest BCUT2D eigenvalue weighted by atomic mass is 9.82. The smallest absolute Gasteiger partial charge is 0.237 e. The number of rotatable bonds is 2. The van der Waals surface area contributed by atoms with Crippen molar-refractivity contribution < 1.29 is 4.79 Å². The van der Waals surface area contributed by atoms with Crippen molar-refractivity contribution in [3.05, 3.63) is 64.7 Å². The molecule has 2 aromatic rings. The second kappa shape index (κ2) is 5.77. The third-order valence-electron chi connectivity index (χ3n) is 4.46. The molecule has 0 saturated carbocycles. The molecule has 0 aromatic heterocycles. The Morgan fingerprint density at radius 3 is 2.50 bits per heavy atom. The molecule has 3 heteroatoms. The van der Waals surface area contributed by atoms with Crippen LogP contribution in [-0.4, -0.2) is 12.5 Å². The Morgan fingerprint density at radius 1 is 1.09 bits per heavy atom. The second-order valence-corrected chi connectivity index (χ2v) is 6.76. The van der Waals surface area contributed by atoms with Crippen molar-refractivity contribution in [2.75, 3.05) is 11.4 Å². The maximum absolute atomic E-state index is 13.2. The number of amides is 1. The van der Waals surface area contributed by atoms with Crippen LogP contribution in [0.1, 0.15) is 31.4 Å². The third kappa shape index (κ3) is 2.64. The van der Waals surface area contributed by atoms with Crippen LogP contribution in [0.2, 0.25) is 5.02 Å². The Balaban J connectivity index is 1.95. The molecule has 0 unspecified atom stereocenters. The molecule has 114 valence electrons. The van der Waals surface area contributed by atoms with E-state index in [9.17, 15) is 4.79 Å². The maximum atomic E-state index is 13.2. The third-order valence-corrected chi connectivity index (χ3v) is 4.71. The van der Waals surface area contributed by atoms with Gasteiger partial charge in [-0.3, -0.25) is 4.79 Å². The van der Waals surface area contributed by atoms with Gasteiger partial charge in [-0.15, -0.1) is 0 Å². The van der Waals surface area contributed by atoms with Gasteiger partial charge >= 0.3 is 0 Å². The zero-order valence-corrected chi connectivity index (χ0v) is 13.7. The van der Waals surface area contributed by atoms with Crippen molar-refractivity contribution in [1.82, 2.24) is 0 Å². The van der Waals surface area contributed by atoms with Crippen LogP contribution in [0.15, 0.2) is 48.5 Å². The van der Waals surface area contributed by atoms with Gasteiger partial charge in [0.25, 0.3) is 0 Å². The summed E-state index contributed by atoms with van der Waals surface area (Å²) in [5.41, 5.74) is 2.73. The lowest BCUT2D eigenvalue weighted by molar-refractivity contribution is -0.123. The summed E-state index contributed by atoms with van der Waals surface area (Å²) in [6.07, 6.45) is 2.06. The van der Waals surface area contributed by atoms with Gasteiger partial charge in [0.15, 0.2) is 0 Å². The summed E-state index contributed by atoms with van der Waals surface area (Å²) < 4.78 is 0. The number of anilines is 1. The van der Waals surface area contributed by atoms with E-state index >= 15 is 0 Å². The summed E-state index contributed by atoms with van der Waals surface area (Å²) >= 11 is 5.96. The number of benzene rings is 2. The minimum absolute atomic E-state index is 0.141. The van der Waals surface area contributed by atoms with Crippen LogP contribution in [0, 0.1) is 0 Å². The minimum atomic E-state index is -0.574. The monoisotopic (exact) mass is 313 g/mol. The standard InChI is InChI=1S/C19H20ClNO/c1-19(2,15-9-11-16(20)12-10-15)18(22)21-13-5-7-14-6-3-4-8-17(14)21/h3-4,6,8-12H,5,7,13H2,1-2H3. The summed E-state index contributed by atoms with van der Waals surface area (Å²) in [5.74, 6) is 0.141. The van der Waals surface area contributed by atoms with Crippen LogP contribution in [0.3, 0.4) is 0 Å². The predicted octanol–water partition coefficient (Wildman–Crippen LogP) is 4.60. The zero-order chi connectivity index (χ0) is 15.7. The lowest BCUT2D eigenvalue weighted by Gasteiger charge is -2.36. The Kier molecular flexibility index (Phi) is 3.96. The molecule has 0 atom stereocenters. The maximum Gasteiger partial charge on any atom is 0.237 e. The van der Waals surface area contributed by atoms with Crippen LogP contribution < -0.4 is 4.90 Å². The molecule has 0 radical (unpaired) electrons. The van der Waals surface area contributed by atoms with Gasteiger partial charge < -0.3 is 4.90 Å². The van der Waals surface area contributed by atoms with Crippen molar-refractivity contribution in [2.24, 2.45) is 0 Å². The molecule has 0 saturated heterocycles. The highest BCUT2D eigenvalue weighted by Crippen LogP contribution is 2.33. The number of para-hydroxylation sites is 1. The van der Waals surface area contributed by atoms with Crippen LogP contribution >= 0.6 is 11.6 Å². The van der Waals surface area contributed by atoms with Crippen molar-refractivity contribution in [3.63, 3.8) is 0 Å². The first-order chi connectivity index (χ1) is 10.5. The van der Waals surface area contributed by atoms with E-state index < -0.39 is 5.41 Å². The van der Waals surface area contributed by atoms with E-state index in [1.54, 1.807) is 0 Å². The molecule has 0 fully saturated rings. The molecule has 1 amide bonds. The van der Waals surface area contributed by atoms with E-state index in [1.807, 2.05) is 61.2 Å². The highest BCUT2D eigenvalue weighted by Gasteiger charge is 2.35. The first-order valence-electron chi connectivity index (χ1n) is 7.66. The molecule has 1 heterocycles. The van der Waals surface area contributed by atoms with E-state index in [1.165, 1.54) is 5.56 Å². The summed E-state index contributed by atoms with van der Waals surface area (Å²) in [6, 6.07) is 15.8. The lowest BCUT2D eigenvalue weighted by Crippen LogP contribution is -2.45. The molecular weight excluding hydrogens is 294 g/mol. The fraction of sp³-hybridized carbons (Fsp3) is 0.316. The molecule has 2 nitrogen and oxygen atoms in total. The average molecular weight is 314 g/mol. The SMILES string of the molecule is CC(C)(C(=O)N1CCCc2ccccc21)c1ccc(Cl)cc1. The number of carbonyl (C=O) groups excluding carboxylic acids is 1. The average Bonchev–Trinajstić information content (AvgIpc) is 2.54. The molecular formula is C19H20ClNO. The van der Waals surface area contributed by atoms with Crippen LogP contribution in [0.4, 0.5) is 5.69 Å². The fourth-order valence-electron chi connectivity index (χ4n) is 3.07. The summed E-state index contributed by atoms with van der Waals surface area (Å²) in [4.78, 5) is 15.1. The largest absolute Gasteiger partial charge is 0.311 e. The van der Waals surface area contributed by atoms with E-state index in [2.05, 4.69) is 6.07 Å². The van der Waals surface area contributed by atoms with Gasteiger partial charge in [-0.05, 0) is 56.0 Å². The van der Waals surface area contributed by atoms with Gasteiger partial charge in [0.05, 0.1) is 5.41 Å². The number of carbonyl (C=O) groups is 1. The van der Waals surface area contributed by atoms with E-state index in [4.69, 9.17) is 11.6 Å². The van der Waals surface area contributed by atoms with Crippen molar-refractivity contribution in [2.45, 2.75) is 32.1 Å². The molecule has 0 bridgehead atoms. The number of hydrogen-bond donors (Lipinski definition) is 0. The Bertz CT molecular complexity index is 691. The number of aryl methyl sites for hydroxylation is 1. The fourth-order valence-corrected chi connectivity index (χ4v) is 3.20. The first-order valence-corrected chi connectivity index (χ1v) is 8.04. The Morgan fingerprint density at radius 2 is 1.77 bits per heavy atom. The summed E-state index contributed by atoms with van der Waals surface area (Å²) in [6.45, 7) is 4.75. The van der Waals surface area contributed by atoms with Crippen LogP contribution in [0.25, 0.3) is 0 Å². The van der Waals surface area contributed by atoms with Gasteiger partial charge in [-0.25, -0.2) is 0 Å². The van der Waals surface area contributed by atoms with Gasteiger partial charge in [0, 0.05) is 17.3 Å². The van der Waals surface area contributed by atoms with Gasteiger partial charge in [-0.1, -0.05) is 41.9 Å². The number of hydrogen-bond acceptors (Lipinski definition) is 1. The Hall–Kier alpha value is -1.80. The van der Waals surface area contributed by atoms with Crippen molar-refractivity contribution in [1.29, 1.82) is 0 Å². The van der Waals surface area contributed by atoms with Gasteiger partial charge in [0.2, 0.25) is 5.91 Å². The molecule has 0 aliphatic carbocycles.